The lowest BCUT2D eigenvalue weighted by molar-refractivity contribution is -0.138. The van der Waals surface area contributed by atoms with Gasteiger partial charge in [-0.2, -0.15) is 5.01 Å². The van der Waals surface area contributed by atoms with E-state index in [1.807, 2.05) is 128 Å². The fourth-order valence-electron chi connectivity index (χ4n) is 10.6. The molecule has 6 atom stereocenters. The Morgan fingerprint density at radius 3 is 2.27 bits per heavy atom. The minimum atomic E-state index is -1.50. The number of fused-ring (bicyclic) bond motifs is 6. The number of phenols is 1. The van der Waals surface area contributed by atoms with Crippen LogP contribution in [0.15, 0.2) is 156 Å². The molecule has 11 rings (SSSR count). The summed E-state index contributed by atoms with van der Waals surface area (Å²) >= 11 is 0. The Hall–Kier alpha value is -7.33. The van der Waals surface area contributed by atoms with Crippen LogP contribution in [-0.4, -0.2) is 38.7 Å². The number of hydrazine groups is 1. The topological polar surface area (TPSA) is 133 Å². The van der Waals surface area contributed by atoms with E-state index in [1.165, 1.54) is 4.90 Å². The van der Waals surface area contributed by atoms with Crippen LogP contribution in [-0.2, 0) is 24.6 Å². The monoisotopic (exact) mass is 790 g/mol. The zero-order chi connectivity index (χ0) is 40.9. The maximum atomic E-state index is 15.5. The van der Waals surface area contributed by atoms with Crippen molar-refractivity contribution in [1.82, 2.24) is 9.99 Å². The number of carbonyl (C=O) groups excluding carboxylic acids is 4. The van der Waals surface area contributed by atoms with Gasteiger partial charge in [0.05, 0.1) is 34.5 Å². The van der Waals surface area contributed by atoms with Crippen LogP contribution in [0.5, 0.6) is 5.75 Å². The minimum absolute atomic E-state index is 0.00973. The molecular weight excluding hydrogens is 753 g/mol. The number of imide groups is 2. The normalized spacial score (nSPS) is 24.8. The highest BCUT2D eigenvalue weighted by atomic mass is 16.3. The predicted molar refractivity (Wildman–Crippen MR) is 226 cm³/mol. The third-order valence-electron chi connectivity index (χ3n) is 13.3. The summed E-state index contributed by atoms with van der Waals surface area (Å²) in [6, 6.07) is 42.6. The van der Waals surface area contributed by atoms with Gasteiger partial charge < -0.3 is 9.52 Å². The van der Waals surface area contributed by atoms with Crippen molar-refractivity contribution in [3.8, 4) is 17.2 Å². The molecule has 4 aliphatic rings. The third kappa shape index (κ3) is 5.09. The molecule has 0 bridgehead atoms. The molecule has 294 valence electrons. The standard InChI is InChI=1S/C50H38N4O6/c1-28-15-20-32(21-16-28)52-54-47(57)39-27-38-35(43(50(39,49(54)59)31-10-3-2-4-11-31)37-24-19-29-9-5-6-12-34(29)44(37)55)25-26-36-42(38)48(58)53(46(36)56)33-22-17-30(18-23-33)45-51-40-13-7-8-14-41(40)60-45/h2-25,36,38-39,42-43,52,55H,26-27H2,1H3/t36-,38+,39-,42-,43+,50+/m0/s1. The number of hydrogen-bond donors (Lipinski definition) is 2. The van der Waals surface area contributed by atoms with Gasteiger partial charge in [-0.25, -0.2) is 4.98 Å². The maximum absolute atomic E-state index is 15.5. The largest absolute Gasteiger partial charge is 0.507 e. The Morgan fingerprint density at radius 2 is 1.48 bits per heavy atom. The number of aromatic nitrogens is 1. The van der Waals surface area contributed by atoms with E-state index in [2.05, 4.69) is 10.4 Å². The van der Waals surface area contributed by atoms with Gasteiger partial charge in [-0.15, -0.1) is 0 Å². The number of anilines is 2. The molecule has 2 N–H and O–H groups in total. The molecule has 60 heavy (non-hydrogen) atoms. The Kier molecular flexibility index (Phi) is 7.97. The van der Waals surface area contributed by atoms with Crippen molar-refractivity contribution < 1.29 is 28.7 Å². The smallest absolute Gasteiger partial charge is 0.260 e. The predicted octanol–water partition coefficient (Wildman–Crippen LogP) is 8.85. The molecule has 6 aromatic carbocycles. The molecule has 10 heteroatoms. The first kappa shape index (κ1) is 35.8. The Balaban J connectivity index is 1.04. The van der Waals surface area contributed by atoms with E-state index in [-0.39, 0.29) is 30.4 Å². The minimum Gasteiger partial charge on any atom is -0.507 e. The van der Waals surface area contributed by atoms with Crippen LogP contribution in [0, 0.1) is 30.6 Å². The summed E-state index contributed by atoms with van der Waals surface area (Å²) in [6.07, 6.45) is 2.41. The lowest BCUT2D eigenvalue weighted by Crippen LogP contribution is -2.53. The van der Waals surface area contributed by atoms with Crippen LogP contribution < -0.4 is 10.3 Å². The summed E-state index contributed by atoms with van der Waals surface area (Å²) < 4.78 is 5.97. The molecule has 2 aliphatic carbocycles. The number of para-hydroxylation sites is 2. The molecule has 2 aliphatic heterocycles. The fraction of sp³-hybridized carbons (Fsp3) is 0.180. The lowest BCUT2D eigenvalue weighted by atomic mass is 9.49. The Morgan fingerprint density at radius 1 is 0.750 bits per heavy atom. The van der Waals surface area contributed by atoms with E-state index in [1.54, 1.807) is 24.3 Å². The van der Waals surface area contributed by atoms with Gasteiger partial charge in [0, 0.05) is 22.4 Å². The van der Waals surface area contributed by atoms with Gasteiger partial charge in [0.25, 0.3) is 11.8 Å². The van der Waals surface area contributed by atoms with Crippen LogP contribution in [0.25, 0.3) is 33.3 Å². The number of rotatable bonds is 6. The second-order valence-corrected chi connectivity index (χ2v) is 16.4. The number of nitrogens with one attached hydrogen (secondary N) is 1. The van der Waals surface area contributed by atoms with E-state index in [0.717, 1.165) is 27.0 Å². The first-order chi connectivity index (χ1) is 29.2. The van der Waals surface area contributed by atoms with Crippen LogP contribution >= 0.6 is 0 Å². The summed E-state index contributed by atoms with van der Waals surface area (Å²) in [5.74, 6) is -4.96. The van der Waals surface area contributed by atoms with Crippen molar-refractivity contribution in [2.45, 2.75) is 31.1 Å². The van der Waals surface area contributed by atoms with Gasteiger partial charge in [0.2, 0.25) is 17.7 Å². The number of benzene rings is 6. The quantitative estimate of drug-likeness (QED) is 0.126. The molecule has 0 radical (unpaired) electrons. The average Bonchev–Trinajstić information content (AvgIpc) is 3.89. The molecule has 10 nitrogen and oxygen atoms in total. The summed E-state index contributed by atoms with van der Waals surface area (Å²) in [5, 5.41) is 14.8. The Bertz CT molecular complexity index is 2920. The number of allylic oxidation sites excluding steroid dienone is 2. The zero-order valence-corrected chi connectivity index (χ0v) is 32.5. The van der Waals surface area contributed by atoms with Crippen LogP contribution in [0.3, 0.4) is 0 Å². The number of oxazole rings is 1. The lowest BCUT2D eigenvalue weighted by Gasteiger charge is -2.50. The van der Waals surface area contributed by atoms with Crippen molar-refractivity contribution in [2.75, 3.05) is 10.3 Å². The summed E-state index contributed by atoms with van der Waals surface area (Å²) in [6.45, 7) is 1.96. The van der Waals surface area contributed by atoms with Crippen molar-refractivity contribution >= 4 is 56.9 Å². The summed E-state index contributed by atoms with van der Waals surface area (Å²) in [4.78, 5) is 65.8. The molecule has 0 unspecified atom stereocenters. The number of phenolic OH excluding ortho intramolecular Hbond substituents is 1. The molecule has 3 heterocycles. The molecule has 2 saturated heterocycles. The highest BCUT2D eigenvalue weighted by molar-refractivity contribution is 6.22. The van der Waals surface area contributed by atoms with Gasteiger partial charge in [-0.1, -0.05) is 108 Å². The van der Waals surface area contributed by atoms with Gasteiger partial charge in [-0.05, 0) is 85.2 Å². The van der Waals surface area contributed by atoms with Crippen LogP contribution in [0.2, 0.25) is 0 Å². The number of aryl methyl sites for hydroxylation is 1. The number of amides is 4. The van der Waals surface area contributed by atoms with Crippen molar-refractivity contribution in [3.63, 3.8) is 0 Å². The summed E-state index contributed by atoms with van der Waals surface area (Å²) in [7, 11) is 0. The van der Waals surface area contributed by atoms with Crippen molar-refractivity contribution in [1.29, 1.82) is 0 Å². The van der Waals surface area contributed by atoms with Gasteiger partial charge >= 0.3 is 0 Å². The molecule has 1 aromatic heterocycles. The Labute approximate surface area is 344 Å². The van der Waals surface area contributed by atoms with E-state index in [4.69, 9.17) is 4.42 Å². The first-order valence-electron chi connectivity index (χ1n) is 20.3. The average molecular weight is 791 g/mol. The molecule has 0 spiro atoms. The second-order valence-electron chi connectivity index (χ2n) is 16.4. The SMILES string of the molecule is Cc1ccc(NN2C(=O)[C@@H]3C[C@@H]4C(=CC[C@@H]5C(=O)N(c6ccc(-c7nc8ccccc8o7)cc6)C(=O)[C@@H]54)[C@H](c4ccc5ccccc5c4O)[C@]3(c3ccccc3)C2=O)cc1. The number of nitrogens with zero attached hydrogens (tertiary/aromatic N) is 3. The molecular formula is C50H38N4O6. The van der Waals surface area contributed by atoms with E-state index >= 15 is 9.59 Å². The van der Waals surface area contributed by atoms with Gasteiger partial charge in [0.15, 0.2) is 5.58 Å². The number of aromatic hydroxyl groups is 1. The van der Waals surface area contributed by atoms with Crippen molar-refractivity contribution in [2.24, 2.45) is 23.7 Å². The zero-order valence-electron chi connectivity index (χ0n) is 32.5. The fourth-order valence-corrected chi connectivity index (χ4v) is 10.6. The second kappa shape index (κ2) is 13.4. The molecule has 3 fully saturated rings. The van der Waals surface area contributed by atoms with E-state index in [0.29, 0.717) is 44.9 Å². The summed E-state index contributed by atoms with van der Waals surface area (Å²) in [5.41, 5.74) is 7.64. The molecule has 1 saturated carbocycles. The highest BCUT2D eigenvalue weighted by Gasteiger charge is 2.70. The maximum Gasteiger partial charge on any atom is 0.260 e. The van der Waals surface area contributed by atoms with Gasteiger partial charge in [0.1, 0.15) is 11.3 Å². The molecule has 4 amide bonds. The number of hydrogen-bond acceptors (Lipinski definition) is 8. The first-order valence-corrected chi connectivity index (χ1v) is 20.3. The third-order valence-corrected chi connectivity index (χ3v) is 13.3. The number of carbonyl (C=O) groups is 4. The van der Waals surface area contributed by atoms with Gasteiger partial charge in [-0.3, -0.25) is 29.5 Å². The highest BCUT2D eigenvalue weighted by Crippen LogP contribution is 2.65. The van der Waals surface area contributed by atoms with E-state index in [9.17, 15) is 14.7 Å². The van der Waals surface area contributed by atoms with E-state index < -0.39 is 46.8 Å². The van der Waals surface area contributed by atoms with Crippen LogP contribution in [0.1, 0.15) is 35.4 Å². The molecule has 7 aromatic rings. The van der Waals surface area contributed by atoms with Crippen LogP contribution in [0.4, 0.5) is 11.4 Å². The van der Waals surface area contributed by atoms with Crippen molar-refractivity contribution in [3.05, 3.63) is 168 Å².